The van der Waals surface area contributed by atoms with Crippen LogP contribution in [0.2, 0.25) is 0 Å². The second kappa shape index (κ2) is 2.33. The molecule has 0 amide bonds. The summed E-state index contributed by atoms with van der Waals surface area (Å²) >= 11 is 0. The third kappa shape index (κ3) is 0.906. The summed E-state index contributed by atoms with van der Waals surface area (Å²) in [6, 6.07) is 2.36. The molecule has 1 aliphatic carbocycles. The lowest BCUT2D eigenvalue weighted by molar-refractivity contribution is 0.716. The summed E-state index contributed by atoms with van der Waals surface area (Å²) in [5.74, 6) is 0. The van der Waals surface area contributed by atoms with Gasteiger partial charge in [0.1, 0.15) is 0 Å². The number of nitrogens with zero attached hydrogens (tertiary/aromatic N) is 1. The SMILES string of the molecule is NC1Cc2[nH]c3cnccc3c2C1. The lowest BCUT2D eigenvalue weighted by atomic mass is 10.1. The zero-order valence-corrected chi connectivity index (χ0v) is 7.25. The molecule has 2 aromatic heterocycles. The summed E-state index contributed by atoms with van der Waals surface area (Å²) in [5, 5.41) is 1.29. The van der Waals surface area contributed by atoms with E-state index in [0.29, 0.717) is 6.04 Å². The summed E-state index contributed by atoms with van der Waals surface area (Å²) < 4.78 is 0. The standard InChI is InChI=1S/C10H11N3/c11-6-3-8-7-1-2-12-5-10(7)13-9(8)4-6/h1-2,5-6,13H,3-4,11H2. The van der Waals surface area contributed by atoms with E-state index in [1.807, 2.05) is 12.4 Å². The maximum atomic E-state index is 5.88. The van der Waals surface area contributed by atoms with Crippen LogP contribution >= 0.6 is 0 Å². The van der Waals surface area contributed by atoms with E-state index in [0.717, 1.165) is 18.4 Å². The predicted molar refractivity (Wildman–Crippen MR) is 51.5 cm³/mol. The minimum Gasteiger partial charge on any atom is -0.357 e. The van der Waals surface area contributed by atoms with Gasteiger partial charge in [0.15, 0.2) is 0 Å². The fourth-order valence-corrected chi connectivity index (χ4v) is 2.16. The third-order valence-electron chi connectivity index (χ3n) is 2.73. The zero-order valence-electron chi connectivity index (χ0n) is 7.25. The Morgan fingerprint density at radius 3 is 3.31 bits per heavy atom. The van der Waals surface area contributed by atoms with Crippen molar-refractivity contribution in [1.82, 2.24) is 9.97 Å². The van der Waals surface area contributed by atoms with Gasteiger partial charge in [-0.3, -0.25) is 4.98 Å². The second-order valence-electron chi connectivity index (χ2n) is 3.67. The van der Waals surface area contributed by atoms with Crippen molar-refractivity contribution in [3.8, 4) is 0 Å². The number of rotatable bonds is 0. The first kappa shape index (κ1) is 7.09. The molecule has 0 saturated heterocycles. The fourth-order valence-electron chi connectivity index (χ4n) is 2.16. The Kier molecular flexibility index (Phi) is 1.27. The Hall–Kier alpha value is -1.35. The molecule has 1 aliphatic rings. The summed E-state index contributed by atoms with van der Waals surface area (Å²) in [6.07, 6.45) is 5.68. The van der Waals surface area contributed by atoms with Gasteiger partial charge in [-0.15, -0.1) is 0 Å². The lowest BCUT2D eigenvalue weighted by Crippen LogP contribution is -2.19. The van der Waals surface area contributed by atoms with E-state index >= 15 is 0 Å². The largest absolute Gasteiger partial charge is 0.357 e. The van der Waals surface area contributed by atoms with Crippen molar-refractivity contribution < 1.29 is 0 Å². The minimum atomic E-state index is 0.304. The van der Waals surface area contributed by atoms with E-state index < -0.39 is 0 Å². The Bertz CT molecular complexity index is 458. The maximum Gasteiger partial charge on any atom is 0.0645 e. The quantitative estimate of drug-likeness (QED) is 0.624. The molecule has 2 heterocycles. The highest BCUT2D eigenvalue weighted by molar-refractivity contribution is 5.84. The first-order valence-electron chi connectivity index (χ1n) is 4.53. The van der Waals surface area contributed by atoms with E-state index in [-0.39, 0.29) is 0 Å². The van der Waals surface area contributed by atoms with Crippen molar-refractivity contribution in [2.75, 3.05) is 0 Å². The monoisotopic (exact) mass is 173 g/mol. The van der Waals surface area contributed by atoms with Gasteiger partial charge < -0.3 is 10.7 Å². The smallest absolute Gasteiger partial charge is 0.0645 e. The molecule has 2 aromatic rings. The van der Waals surface area contributed by atoms with Crippen LogP contribution in [0.5, 0.6) is 0 Å². The molecule has 13 heavy (non-hydrogen) atoms. The highest BCUT2D eigenvalue weighted by Crippen LogP contribution is 2.28. The summed E-state index contributed by atoms with van der Waals surface area (Å²) in [7, 11) is 0. The number of fused-ring (bicyclic) bond motifs is 3. The van der Waals surface area contributed by atoms with Crippen molar-refractivity contribution in [1.29, 1.82) is 0 Å². The van der Waals surface area contributed by atoms with Crippen molar-refractivity contribution in [2.45, 2.75) is 18.9 Å². The summed E-state index contributed by atoms with van der Waals surface area (Å²) in [6.45, 7) is 0. The number of aromatic nitrogens is 2. The van der Waals surface area contributed by atoms with Crippen LogP contribution in [0.15, 0.2) is 18.5 Å². The van der Waals surface area contributed by atoms with Gasteiger partial charge in [0.2, 0.25) is 0 Å². The third-order valence-corrected chi connectivity index (χ3v) is 2.73. The molecule has 0 aliphatic heterocycles. The molecule has 0 spiro atoms. The van der Waals surface area contributed by atoms with Gasteiger partial charge in [0.25, 0.3) is 0 Å². The Labute approximate surface area is 76.0 Å². The van der Waals surface area contributed by atoms with Gasteiger partial charge in [-0.2, -0.15) is 0 Å². The Morgan fingerprint density at radius 1 is 1.46 bits per heavy atom. The number of H-pyrrole nitrogens is 1. The zero-order chi connectivity index (χ0) is 8.84. The van der Waals surface area contributed by atoms with Crippen LogP contribution in [0.4, 0.5) is 0 Å². The summed E-state index contributed by atoms with van der Waals surface area (Å²) in [5.41, 5.74) is 9.72. The average Bonchev–Trinajstić information content (AvgIpc) is 2.60. The van der Waals surface area contributed by atoms with Crippen LogP contribution in [0, 0.1) is 0 Å². The van der Waals surface area contributed by atoms with Crippen LogP contribution in [0.3, 0.4) is 0 Å². The lowest BCUT2D eigenvalue weighted by Gasteiger charge is -1.98. The molecule has 0 bridgehead atoms. The highest BCUT2D eigenvalue weighted by atomic mass is 14.8. The van der Waals surface area contributed by atoms with Crippen molar-refractivity contribution in [3.63, 3.8) is 0 Å². The van der Waals surface area contributed by atoms with E-state index in [2.05, 4.69) is 16.0 Å². The number of aromatic amines is 1. The number of nitrogens with one attached hydrogen (secondary N) is 1. The number of nitrogens with two attached hydrogens (primary N) is 1. The van der Waals surface area contributed by atoms with Crippen molar-refractivity contribution >= 4 is 10.9 Å². The molecular weight excluding hydrogens is 162 g/mol. The number of hydrogen-bond acceptors (Lipinski definition) is 2. The van der Waals surface area contributed by atoms with Crippen LogP contribution in [-0.2, 0) is 12.8 Å². The van der Waals surface area contributed by atoms with Gasteiger partial charge in [0, 0.05) is 29.7 Å². The first-order chi connectivity index (χ1) is 6.34. The molecule has 3 rings (SSSR count). The van der Waals surface area contributed by atoms with Crippen LogP contribution < -0.4 is 5.73 Å². The van der Waals surface area contributed by atoms with Gasteiger partial charge in [-0.25, -0.2) is 0 Å². The predicted octanol–water partition coefficient (Wildman–Crippen LogP) is 0.989. The molecule has 0 aromatic carbocycles. The molecule has 3 N–H and O–H groups in total. The fraction of sp³-hybridized carbons (Fsp3) is 0.300. The van der Waals surface area contributed by atoms with E-state index in [1.54, 1.807) is 0 Å². The molecule has 0 saturated carbocycles. The van der Waals surface area contributed by atoms with E-state index in [1.165, 1.54) is 16.6 Å². The van der Waals surface area contributed by atoms with Crippen LogP contribution in [0.1, 0.15) is 11.3 Å². The van der Waals surface area contributed by atoms with Crippen LogP contribution in [0.25, 0.3) is 10.9 Å². The van der Waals surface area contributed by atoms with E-state index in [4.69, 9.17) is 5.73 Å². The minimum absolute atomic E-state index is 0.304. The Morgan fingerprint density at radius 2 is 2.38 bits per heavy atom. The molecule has 0 radical (unpaired) electrons. The topological polar surface area (TPSA) is 54.7 Å². The van der Waals surface area contributed by atoms with Gasteiger partial charge in [0.05, 0.1) is 11.7 Å². The normalized spacial score (nSPS) is 20.8. The highest BCUT2D eigenvalue weighted by Gasteiger charge is 2.22. The van der Waals surface area contributed by atoms with Gasteiger partial charge in [-0.05, 0) is 18.1 Å². The molecule has 0 fully saturated rings. The first-order valence-corrected chi connectivity index (χ1v) is 4.53. The number of pyridine rings is 1. The van der Waals surface area contributed by atoms with E-state index in [9.17, 15) is 0 Å². The van der Waals surface area contributed by atoms with Gasteiger partial charge >= 0.3 is 0 Å². The average molecular weight is 173 g/mol. The molecule has 66 valence electrons. The molecule has 1 atom stereocenters. The summed E-state index contributed by atoms with van der Waals surface area (Å²) in [4.78, 5) is 7.45. The molecule has 1 unspecified atom stereocenters. The molecule has 3 heteroatoms. The van der Waals surface area contributed by atoms with Crippen molar-refractivity contribution in [2.24, 2.45) is 5.73 Å². The number of hydrogen-bond donors (Lipinski definition) is 2. The molecule has 3 nitrogen and oxygen atoms in total. The van der Waals surface area contributed by atoms with Crippen LogP contribution in [-0.4, -0.2) is 16.0 Å². The van der Waals surface area contributed by atoms with Gasteiger partial charge in [-0.1, -0.05) is 0 Å². The maximum absolute atomic E-state index is 5.88. The second-order valence-corrected chi connectivity index (χ2v) is 3.67. The van der Waals surface area contributed by atoms with Crippen molar-refractivity contribution in [3.05, 3.63) is 29.7 Å². The Balaban J connectivity index is 2.31. The molecular formula is C10H11N3.